The molecule has 2 heterocycles. The lowest BCUT2D eigenvalue weighted by Crippen LogP contribution is -2.31. The molecular weight excluding hydrogens is 418 g/mol. The number of ether oxygens (including phenoxy) is 3. The molecule has 1 aliphatic heterocycles. The van der Waals surface area contributed by atoms with Gasteiger partial charge in [0.15, 0.2) is 17.3 Å². The van der Waals surface area contributed by atoms with Gasteiger partial charge >= 0.3 is 0 Å². The number of nitrogens with zero attached hydrogens (tertiary/aromatic N) is 1. The van der Waals surface area contributed by atoms with Crippen molar-refractivity contribution in [2.45, 2.75) is 24.9 Å². The lowest BCUT2D eigenvalue weighted by molar-refractivity contribution is 0.103. The lowest BCUT2D eigenvalue weighted by Gasteiger charge is -2.16. The van der Waals surface area contributed by atoms with E-state index in [1.54, 1.807) is 18.3 Å². The second-order valence-electron chi connectivity index (χ2n) is 7.98. The van der Waals surface area contributed by atoms with Crippen LogP contribution in [-0.2, 0) is 0 Å². The van der Waals surface area contributed by atoms with E-state index in [-0.39, 0.29) is 5.78 Å². The third-order valence-corrected chi connectivity index (χ3v) is 5.93. The summed E-state index contributed by atoms with van der Waals surface area (Å²) in [6, 6.07) is 15.6. The zero-order chi connectivity index (χ0) is 23.2. The Morgan fingerprint density at radius 2 is 1.79 bits per heavy atom. The molecule has 2 atom stereocenters. The van der Waals surface area contributed by atoms with E-state index in [0.29, 0.717) is 40.5 Å². The Morgan fingerprint density at radius 3 is 2.45 bits per heavy atom. The number of ketones is 1. The normalized spacial score (nSPS) is 17.4. The number of hydrogen-bond donors (Lipinski definition) is 2. The first-order chi connectivity index (χ1) is 16.1. The van der Waals surface area contributed by atoms with Gasteiger partial charge in [-0.05, 0) is 48.7 Å². The van der Waals surface area contributed by atoms with Crippen molar-refractivity contribution in [1.29, 1.82) is 0 Å². The van der Waals surface area contributed by atoms with E-state index < -0.39 is 0 Å². The standard InChI is InChI=1S/C26H29N3O4/c1-31-23-13-19(14-24(32-2)26(23)33-3)25(30)17-6-4-8-20(12-17)28-16-21-9-10-22(29-21)18-7-5-11-27-15-18/h4-8,11-15,21-22,28-29H,9-10,16H2,1-3H3. The molecule has 0 amide bonds. The molecule has 7 nitrogen and oxygen atoms in total. The molecule has 7 heteroatoms. The van der Waals surface area contributed by atoms with Crippen LogP contribution in [0.15, 0.2) is 60.9 Å². The largest absolute Gasteiger partial charge is 0.493 e. The van der Waals surface area contributed by atoms with Gasteiger partial charge in [-0.3, -0.25) is 9.78 Å². The SMILES string of the molecule is COc1cc(C(=O)c2cccc(NCC3CCC(c4cccnc4)N3)c2)cc(OC)c1OC. The Bertz CT molecular complexity index is 1080. The maximum absolute atomic E-state index is 13.2. The first-order valence-corrected chi connectivity index (χ1v) is 11.0. The third kappa shape index (κ3) is 5.09. The summed E-state index contributed by atoms with van der Waals surface area (Å²) >= 11 is 0. The molecule has 2 aromatic carbocycles. The van der Waals surface area contributed by atoms with Crippen molar-refractivity contribution in [2.75, 3.05) is 33.2 Å². The molecule has 0 saturated carbocycles. The smallest absolute Gasteiger partial charge is 0.203 e. The Morgan fingerprint density at radius 1 is 1.00 bits per heavy atom. The summed E-state index contributed by atoms with van der Waals surface area (Å²) in [5.74, 6) is 1.24. The Balaban J connectivity index is 1.43. The van der Waals surface area contributed by atoms with Crippen LogP contribution in [0.2, 0.25) is 0 Å². The third-order valence-electron chi connectivity index (χ3n) is 5.93. The molecule has 4 rings (SSSR count). The maximum atomic E-state index is 13.2. The molecule has 33 heavy (non-hydrogen) atoms. The first kappa shape index (κ1) is 22.6. The molecule has 0 radical (unpaired) electrons. The molecule has 172 valence electrons. The first-order valence-electron chi connectivity index (χ1n) is 11.0. The molecule has 1 aliphatic rings. The number of carbonyl (C=O) groups is 1. The average Bonchev–Trinajstić information content (AvgIpc) is 3.36. The van der Waals surface area contributed by atoms with Crippen molar-refractivity contribution < 1.29 is 19.0 Å². The van der Waals surface area contributed by atoms with Crippen LogP contribution in [-0.4, -0.2) is 44.7 Å². The van der Waals surface area contributed by atoms with Crippen molar-refractivity contribution in [3.63, 3.8) is 0 Å². The van der Waals surface area contributed by atoms with E-state index in [0.717, 1.165) is 25.1 Å². The summed E-state index contributed by atoms with van der Waals surface area (Å²) in [6.45, 7) is 0.776. The predicted octanol–water partition coefficient (Wildman–Crippen LogP) is 4.24. The van der Waals surface area contributed by atoms with Gasteiger partial charge in [0.2, 0.25) is 5.75 Å². The number of aromatic nitrogens is 1. The highest BCUT2D eigenvalue weighted by atomic mass is 16.5. The van der Waals surface area contributed by atoms with Crippen LogP contribution in [0.3, 0.4) is 0 Å². The van der Waals surface area contributed by atoms with E-state index in [1.807, 2.05) is 36.5 Å². The minimum absolute atomic E-state index is 0.117. The van der Waals surface area contributed by atoms with Gasteiger partial charge in [0.1, 0.15) is 0 Å². The highest BCUT2D eigenvalue weighted by molar-refractivity contribution is 6.10. The van der Waals surface area contributed by atoms with Crippen molar-refractivity contribution in [3.05, 3.63) is 77.6 Å². The Hall–Kier alpha value is -3.58. The minimum Gasteiger partial charge on any atom is -0.493 e. The summed E-state index contributed by atoms with van der Waals surface area (Å²) in [6.07, 6.45) is 5.88. The van der Waals surface area contributed by atoms with Crippen molar-refractivity contribution in [1.82, 2.24) is 10.3 Å². The molecular formula is C26H29N3O4. The summed E-state index contributed by atoms with van der Waals surface area (Å²) in [7, 11) is 4.60. The molecule has 0 spiro atoms. The van der Waals surface area contributed by atoms with Crippen molar-refractivity contribution >= 4 is 11.5 Å². The monoisotopic (exact) mass is 447 g/mol. The Kier molecular flexibility index (Phi) is 7.10. The summed E-state index contributed by atoms with van der Waals surface area (Å²) in [5.41, 5.74) is 3.18. The number of methoxy groups -OCH3 is 3. The second-order valence-corrected chi connectivity index (χ2v) is 7.98. The molecule has 3 aromatic rings. The maximum Gasteiger partial charge on any atom is 0.203 e. The van der Waals surface area contributed by atoms with Crippen LogP contribution >= 0.6 is 0 Å². The fourth-order valence-electron chi connectivity index (χ4n) is 4.22. The Labute approximate surface area is 194 Å². The van der Waals surface area contributed by atoms with Gasteiger partial charge in [-0.25, -0.2) is 0 Å². The van der Waals surface area contributed by atoms with E-state index in [2.05, 4.69) is 21.7 Å². The van der Waals surface area contributed by atoms with Gasteiger partial charge in [0.05, 0.1) is 21.3 Å². The number of benzene rings is 2. The molecule has 0 aliphatic carbocycles. The highest BCUT2D eigenvalue weighted by Gasteiger charge is 2.25. The minimum atomic E-state index is -0.117. The van der Waals surface area contributed by atoms with Crippen LogP contribution < -0.4 is 24.8 Å². The fraction of sp³-hybridized carbons (Fsp3) is 0.308. The van der Waals surface area contributed by atoms with E-state index in [1.165, 1.54) is 26.9 Å². The van der Waals surface area contributed by atoms with Crippen molar-refractivity contribution in [2.24, 2.45) is 0 Å². The van der Waals surface area contributed by atoms with E-state index >= 15 is 0 Å². The van der Waals surface area contributed by atoms with Crippen LogP contribution in [0.25, 0.3) is 0 Å². The summed E-state index contributed by atoms with van der Waals surface area (Å²) in [5, 5.41) is 7.14. The van der Waals surface area contributed by atoms with Crippen LogP contribution in [0.5, 0.6) is 17.2 Å². The molecule has 0 bridgehead atoms. The second kappa shape index (κ2) is 10.4. The number of carbonyl (C=O) groups excluding carboxylic acids is 1. The molecule has 2 N–H and O–H groups in total. The fourth-order valence-corrected chi connectivity index (χ4v) is 4.22. The number of rotatable bonds is 9. The summed E-state index contributed by atoms with van der Waals surface area (Å²) in [4.78, 5) is 17.4. The molecule has 1 aromatic heterocycles. The van der Waals surface area contributed by atoms with Gasteiger partial charge < -0.3 is 24.8 Å². The molecule has 1 fully saturated rings. The van der Waals surface area contributed by atoms with Crippen molar-refractivity contribution in [3.8, 4) is 17.2 Å². The zero-order valence-corrected chi connectivity index (χ0v) is 19.1. The number of nitrogens with one attached hydrogen (secondary N) is 2. The van der Waals surface area contributed by atoms with Crippen LogP contribution in [0.1, 0.15) is 40.4 Å². The van der Waals surface area contributed by atoms with Gasteiger partial charge in [0, 0.05) is 47.8 Å². The number of hydrogen-bond acceptors (Lipinski definition) is 7. The molecule has 1 saturated heterocycles. The molecule has 2 unspecified atom stereocenters. The topological polar surface area (TPSA) is 81.7 Å². The quantitative estimate of drug-likeness (QED) is 0.475. The average molecular weight is 448 g/mol. The number of pyridine rings is 1. The van der Waals surface area contributed by atoms with Gasteiger partial charge in [-0.15, -0.1) is 0 Å². The van der Waals surface area contributed by atoms with E-state index in [4.69, 9.17) is 14.2 Å². The van der Waals surface area contributed by atoms with Crippen LogP contribution in [0, 0.1) is 0 Å². The van der Waals surface area contributed by atoms with Crippen LogP contribution in [0.4, 0.5) is 5.69 Å². The van der Waals surface area contributed by atoms with Gasteiger partial charge in [-0.1, -0.05) is 18.2 Å². The van der Waals surface area contributed by atoms with Gasteiger partial charge in [-0.2, -0.15) is 0 Å². The predicted molar refractivity (Wildman–Crippen MR) is 128 cm³/mol. The summed E-state index contributed by atoms with van der Waals surface area (Å²) < 4.78 is 16.1. The zero-order valence-electron chi connectivity index (χ0n) is 19.1. The highest BCUT2D eigenvalue weighted by Crippen LogP contribution is 2.38. The van der Waals surface area contributed by atoms with Gasteiger partial charge in [0.25, 0.3) is 0 Å². The number of anilines is 1. The van der Waals surface area contributed by atoms with E-state index in [9.17, 15) is 4.79 Å². The lowest BCUT2D eigenvalue weighted by atomic mass is 10.0.